The first-order valence-electron chi connectivity index (χ1n) is 3.70. The fourth-order valence-corrected chi connectivity index (χ4v) is 0.999. The summed E-state index contributed by atoms with van der Waals surface area (Å²) in [6.45, 7) is 2.22. The molecule has 0 spiro atoms. The van der Waals surface area contributed by atoms with Crippen LogP contribution in [0.2, 0.25) is 0 Å². The van der Waals surface area contributed by atoms with Crippen LogP contribution in [0.1, 0.15) is 32.6 Å². The molecule has 0 aromatic rings. The third-order valence-corrected chi connectivity index (χ3v) is 1.52. The summed E-state index contributed by atoms with van der Waals surface area (Å²) < 4.78 is 0. The molecular weight excluding hydrogens is 144 g/mol. The van der Waals surface area contributed by atoms with Gasteiger partial charge in [0.2, 0.25) is 0 Å². The summed E-state index contributed by atoms with van der Waals surface area (Å²) in [6.07, 6.45) is 6.02. The molecule has 64 valence electrons. The average molecular weight is 158 g/mol. The van der Waals surface area contributed by atoms with Crippen LogP contribution in [0, 0.1) is 0 Å². The minimum Gasteiger partial charge on any atom is -0.450 e. The normalized spacial score (nSPS) is 15.9. The van der Waals surface area contributed by atoms with E-state index in [1.165, 1.54) is 25.7 Å². The minimum atomic E-state index is -1.83. The van der Waals surface area contributed by atoms with E-state index in [0.29, 0.717) is 0 Å². The first kappa shape index (κ1) is 10.0. The largest absolute Gasteiger partial charge is 0.503 e. The highest BCUT2D eigenvalue weighted by atomic mass is 16.6. The predicted octanol–water partition coefficient (Wildman–Crippen LogP) is 2.73. The Morgan fingerprint density at radius 1 is 1.45 bits per heavy atom. The lowest BCUT2D eigenvalue weighted by atomic mass is 10.0. The van der Waals surface area contributed by atoms with E-state index in [1.807, 2.05) is 0 Å². The predicted molar refractivity (Wildman–Crippen MR) is 42.9 cm³/mol. The SMILES string of the molecule is CC1=CCCCC1.O=C(O)O. The van der Waals surface area contributed by atoms with E-state index >= 15 is 0 Å². The van der Waals surface area contributed by atoms with E-state index in [0.717, 1.165) is 0 Å². The number of carbonyl (C=O) groups is 1. The van der Waals surface area contributed by atoms with E-state index in [4.69, 9.17) is 15.0 Å². The molecule has 1 aliphatic carbocycles. The Balaban J connectivity index is 0.000000218. The zero-order valence-electron chi connectivity index (χ0n) is 6.71. The van der Waals surface area contributed by atoms with Crippen LogP contribution in [0.4, 0.5) is 4.79 Å². The topological polar surface area (TPSA) is 57.5 Å². The second-order valence-corrected chi connectivity index (χ2v) is 2.58. The van der Waals surface area contributed by atoms with Crippen LogP contribution in [0.25, 0.3) is 0 Å². The first-order chi connectivity index (χ1) is 5.13. The second kappa shape index (κ2) is 5.77. The van der Waals surface area contributed by atoms with Gasteiger partial charge in [-0.25, -0.2) is 4.79 Å². The lowest BCUT2D eigenvalue weighted by molar-refractivity contribution is 0.137. The smallest absolute Gasteiger partial charge is 0.450 e. The molecule has 0 aromatic heterocycles. The maximum atomic E-state index is 8.56. The monoisotopic (exact) mass is 158 g/mol. The lowest BCUT2D eigenvalue weighted by Crippen LogP contribution is -1.85. The van der Waals surface area contributed by atoms with Crippen molar-refractivity contribution in [3.05, 3.63) is 11.6 Å². The Morgan fingerprint density at radius 3 is 2.18 bits per heavy atom. The molecule has 0 saturated carbocycles. The molecule has 11 heavy (non-hydrogen) atoms. The van der Waals surface area contributed by atoms with Crippen molar-refractivity contribution in [1.29, 1.82) is 0 Å². The molecule has 2 N–H and O–H groups in total. The van der Waals surface area contributed by atoms with Gasteiger partial charge in [0.15, 0.2) is 0 Å². The van der Waals surface area contributed by atoms with Crippen LogP contribution >= 0.6 is 0 Å². The fraction of sp³-hybridized carbons (Fsp3) is 0.625. The Labute approximate surface area is 66.4 Å². The average Bonchev–Trinajstić information content (AvgIpc) is 1.87. The third-order valence-electron chi connectivity index (χ3n) is 1.52. The fourth-order valence-electron chi connectivity index (χ4n) is 0.999. The number of hydrogen-bond acceptors (Lipinski definition) is 1. The van der Waals surface area contributed by atoms with Crippen molar-refractivity contribution in [2.75, 3.05) is 0 Å². The van der Waals surface area contributed by atoms with E-state index < -0.39 is 6.16 Å². The van der Waals surface area contributed by atoms with Crippen LogP contribution in [0.15, 0.2) is 11.6 Å². The standard InChI is InChI=1S/C7H12.CH2O3/c1-7-5-3-2-4-6-7;2-1(3)4/h5H,2-4,6H2,1H3;(H2,2,3,4). The van der Waals surface area contributed by atoms with Crippen LogP contribution in [-0.4, -0.2) is 16.4 Å². The summed E-state index contributed by atoms with van der Waals surface area (Å²) in [7, 11) is 0. The Kier molecular flexibility index (Phi) is 5.25. The Hall–Kier alpha value is -0.990. The van der Waals surface area contributed by atoms with Crippen LogP contribution < -0.4 is 0 Å². The molecule has 1 rings (SSSR count). The molecule has 1 aliphatic rings. The number of hydrogen-bond donors (Lipinski definition) is 2. The molecule has 0 bridgehead atoms. The molecule has 0 unspecified atom stereocenters. The van der Waals surface area contributed by atoms with Gasteiger partial charge in [-0.15, -0.1) is 0 Å². The molecular formula is C8H14O3. The van der Waals surface area contributed by atoms with Gasteiger partial charge in [-0.05, 0) is 32.6 Å². The molecule has 0 atom stereocenters. The van der Waals surface area contributed by atoms with Crippen molar-refractivity contribution in [2.24, 2.45) is 0 Å². The molecule has 3 heteroatoms. The molecule has 0 fully saturated rings. The summed E-state index contributed by atoms with van der Waals surface area (Å²) in [6, 6.07) is 0. The van der Waals surface area contributed by atoms with Crippen molar-refractivity contribution in [3.8, 4) is 0 Å². The lowest BCUT2D eigenvalue weighted by Gasteiger charge is -2.05. The van der Waals surface area contributed by atoms with Crippen molar-refractivity contribution in [1.82, 2.24) is 0 Å². The Morgan fingerprint density at radius 2 is 2.00 bits per heavy atom. The van der Waals surface area contributed by atoms with Gasteiger partial charge in [0.1, 0.15) is 0 Å². The number of allylic oxidation sites excluding steroid dienone is 2. The zero-order valence-corrected chi connectivity index (χ0v) is 6.71. The highest BCUT2D eigenvalue weighted by Crippen LogP contribution is 2.15. The van der Waals surface area contributed by atoms with Crippen LogP contribution in [0.5, 0.6) is 0 Å². The quantitative estimate of drug-likeness (QED) is 0.533. The minimum absolute atomic E-state index is 1.33. The maximum absolute atomic E-state index is 8.56. The Bertz CT molecular complexity index is 145. The molecule has 0 saturated heterocycles. The summed E-state index contributed by atoms with van der Waals surface area (Å²) in [5.41, 5.74) is 1.59. The molecule has 0 amide bonds. The molecule has 0 aliphatic heterocycles. The van der Waals surface area contributed by atoms with Gasteiger partial charge in [0, 0.05) is 0 Å². The van der Waals surface area contributed by atoms with Crippen molar-refractivity contribution in [2.45, 2.75) is 32.6 Å². The molecule has 3 nitrogen and oxygen atoms in total. The molecule has 0 radical (unpaired) electrons. The number of carboxylic acid groups (broad SMARTS) is 2. The van der Waals surface area contributed by atoms with Gasteiger partial charge in [0.05, 0.1) is 0 Å². The summed E-state index contributed by atoms with van der Waals surface area (Å²) in [5, 5.41) is 13.9. The van der Waals surface area contributed by atoms with E-state index in [-0.39, 0.29) is 0 Å². The van der Waals surface area contributed by atoms with Crippen molar-refractivity contribution in [3.63, 3.8) is 0 Å². The summed E-state index contributed by atoms with van der Waals surface area (Å²) in [4.78, 5) is 8.56. The summed E-state index contributed by atoms with van der Waals surface area (Å²) >= 11 is 0. The van der Waals surface area contributed by atoms with Gasteiger partial charge in [-0.3, -0.25) is 0 Å². The summed E-state index contributed by atoms with van der Waals surface area (Å²) in [5.74, 6) is 0. The maximum Gasteiger partial charge on any atom is 0.503 e. The number of rotatable bonds is 0. The van der Waals surface area contributed by atoms with Gasteiger partial charge < -0.3 is 10.2 Å². The molecule has 0 heterocycles. The van der Waals surface area contributed by atoms with Crippen LogP contribution in [0.3, 0.4) is 0 Å². The van der Waals surface area contributed by atoms with Gasteiger partial charge >= 0.3 is 6.16 Å². The molecule has 0 aromatic carbocycles. The van der Waals surface area contributed by atoms with Crippen LogP contribution in [-0.2, 0) is 0 Å². The van der Waals surface area contributed by atoms with E-state index in [2.05, 4.69) is 13.0 Å². The van der Waals surface area contributed by atoms with Crippen molar-refractivity contribution >= 4 is 6.16 Å². The van der Waals surface area contributed by atoms with E-state index in [9.17, 15) is 0 Å². The van der Waals surface area contributed by atoms with Gasteiger partial charge in [-0.2, -0.15) is 0 Å². The zero-order chi connectivity index (χ0) is 8.69. The highest BCUT2D eigenvalue weighted by molar-refractivity contribution is 5.53. The third kappa shape index (κ3) is 9.01. The van der Waals surface area contributed by atoms with Gasteiger partial charge in [0.25, 0.3) is 0 Å². The second-order valence-electron chi connectivity index (χ2n) is 2.58. The van der Waals surface area contributed by atoms with Gasteiger partial charge in [-0.1, -0.05) is 11.6 Å². The van der Waals surface area contributed by atoms with E-state index in [1.54, 1.807) is 5.57 Å². The van der Waals surface area contributed by atoms with Crippen molar-refractivity contribution < 1.29 is 15.0 Å². The first-order valence-corrected chi connectivity index (χ1v) is 3.70. The highest BCUT2D eigenvalue weighted by Gasteiger charge is 1.95.